The number of hydrogen-bond donors (Lipinski definition) is 15. The zero-order chi connectivity index (χ0) is 75.3. The van der Waals surface area contributed by atoms with E-state index < -0.39 is 248 Å². The zero-order valence-corrected chi connectivity index (χ0v) is 59.8. The first-order chi connectivity index (χ1) is 48.5. The molecule has 1 aromatic rings. The van der Waals surface area contributed by atoms with E-state index in [1.165, 1.54) is 55.1 Å². The van der Waals surface area contributed by atoms with E-state index in [4.69, 9.17) is 66.3 Å². The summed E-state index contributed by atoms with van der Waals surface area (Å²) >= 11 is 0. The highest BCUT2D eigenvalue weighted by Gasteiger charge is 2.74. The highest BCUT2D eigenvalue weighted by atomic mass is 16.8. The molecule has 32 heteroatoms. The number of methoxy groups -OCH3 is 3. The third-order valence-electron chi connectivity index (χ3n) is 25.4. The highest BCUT2D eigenvalue weighted by molar-refractivity contribution is 5.87. The Hall–Kier alpha value is -4.41. The Morgan fingerprint density at radius 1 is 0.563 bits per heavy atom. The van der Waals surface area contributed by atoms with Crippen LogP contribution in [0.3, 0.4) is 0 Å². The monoisotopic (exact) mass is 1470 g/mol. The molecular weight excluding hydrogens is 1360 g/mol. The van der Waals surface area contributed by atoms with Crippen molar-refractivity contribution in [2.45, 2.75) is 273 Å². The van der Waals surface area contributed by atoms with Crippen molar-refractivity contribution >= 4 is 24.0 Å². The van der Waals surface area contributed by atoms with E-state index in [1.54, 1.807) is 12.1 Å². The van der Waals surface area contributed by atoms with Crippen LogP contribution >= 0.6 is 0 Å². The summed E-state index contributed by atoms with van der Waals surface area (Å²) in [5.74, 6) is -4.17. The number of esters is 2. The number of aliphatic hydroxyl groups excluding tert-OH is 14. The molecule has 0 unspecified atom stereocenters. The fraction of sp³-hybridized carbons (Fsp3) is 0.817. The predicted octanol–water partition coefficient (Wildman–Crippen LogP) is -1.19. The normalized spacial score (nSPS) is 48.2. The number of benzene rings is 1. The number of carbonyl (C=O) groups is 3. The van der Waals surface area contributed by atoms with Gasteiger partial charge in [-0.15, -0.1) is 0 Å². The Bertz CT molecular complexity index is 3220. The van der Waals surface area contributed by atoms with E-state index >= 15 is 4.79 Å². The summed E-state index contributed by atoms with van der Waals surface area (Å²) < 4.78 is 84.9. The number of carboxylic acid groups (broad SMARTS) is 1. The second kappa shape index (κ2) is 30.2. The van der Waals surface area contributed by atoms with Gasteiger partial charge in [-0.3, -0.25) is 9.59 Å². The average Bonchev–Trinajstić information content (AvgIpc) is 0.669. The van der Waals surface area contributed by atoms with Gasteiger partial charge in [0.25, 0.3) is 0 Å². The smallest absolute Gasteiger partial charge is 0.331 e. The number of rotatable bonds is 19. The third kappa shape index (κ3) is 13.8. The molecule has 4 saturated carbocycles. The van der Waals surface area contributed by atoms with Crippen molar-refractivity contribution in [1.82, 2.24) is 0 Å². The first-order valence-electron chi connectivity index (χ1n) is 35.5. The molecule has 10 aliphatic rings. The van der Waals surface area contributed by atoms with Crippen LogP contribution in [-0.4, -0.2) is 295 Å². The van der Waals surface area contributed by atoms with Crippen LogP contribution in [0.15, 0.2) is 29.9 Å². The first kappa shape index (κ1) is 79.6. The number of allylic oxidation sites excluding steroid dienone is 1. The molecule has 5 saturated heterocycles. The van der Waals surface area contributed by atoms with Crippen molar-refractivity contribution in [2.75, 3.05) is 41.2 Å². The van der Waals surface area contributed by atoms with Gasteiger partial charge in [0.2, 0.25) is 12.0 Å². The summed E-state index contributed by atoms with van der Waals surface area (Å²) in [5.41, 5.74) is -5.43. The Morgan fingerprint density at radius 3 is 1.76 bits per heavy atom. The van der Waals surface area contributed by atoms with Gasteiger partial charge in [0.1, 0.15) is 91.6 Å². The maximum atomic E-state index is 16.3. The lowest BCUT2D eigenvalue weighted by molar-refractivity contribution is -0.390. The van der Waals surface area contributed by atoms with E-state index in [-0.39, 0.29) is 49.4 Å². The highest BCUT2D eigenvalue weighted by Crippen LogP contribution is 2.76. The fourth-order valence-corrected chi connectivity index (χ4v) is 19.5. The van der Waals surface area contributed by atoms with Crippen molar-refractivity contribution in [3.8, 4) is 17.2 Å². The molecule has 5 heterocycles. The molecule has 1 aromatic carbocycles. The minimum absolute atomic E-state index is 0.0152. The summed E-state index contributed by atoms with van der Waals surface area (Å²) in [6.45, 7) is 12.3. The van der Waals surface area contributed by atoms with E-state index in [2.05, 4.69) is 20.8 Å². The Labute approximate surface area is 596 Å². The summed E-state index contributed by atoms with van der Waals surface area (Å²) in [6.07, 6.45) is -37.8. The number of aliphatic hydroxyl groups is 14. The lowest BCUT2D eigenvalue weighted by Crippen LogP contribution is -2.71. The molecule has 0 bridgehead atoms. The number of fused-ring (bicyclic) bond motifs is 7. The Kier molecular flexibility index (Phi) is 23.4. The molecule has 5 aliphatic carbocycles. The Balaban J connectivity index is 0.946. The van der Waals surface area contributed by atoms with E-state index in [0.29, 0.717) is 31.2 Å². The number of ether oxygens (including phenoxy) is 14. The van der Waals surface area contributed by atoms with Gasteiger partial charge in [-0.25, -0.2) is 4.79 Å². The molecule has 0 spiro atoms. The zero-order valence-electron chi connectivity index (χ0n) is 59.8. The molecule has 15 N–H and O–H groups in total. The van der Waals surface area contributed by atoms with Crippen LogP contribution in [0.1, 0.15) is 119 Å². The van der Waals surface area contributed by atoms with Crippen LogP contribution in [-0.2, 0) is 66.5 Å². The number of aliphatic carboxylic acids is 1. The van der Waals surface area contributed by atoms with Gasteiger partial charge in [-0.1, -0.05) is 39.3 Å². The summed E-state index contributed by atoms with van der Waals surface area (Å²) in [7, 11) is 4.23. The third-order valence-corrected chi connectivity index (χ3v) is 25.4. The molecule has 103 heavy (non-hydrogen) atoms. The van der Waals surface area contributed by atoms with Gasteiger partial charge >= 0.3 is 17.9 Å². The van der Waals surface area contributed by atoms with Crippen molar-refractivity contribution in [1.29, 1.82) is 0 Å². The van der Waals surface area contributed by atoms with Crippen LogP contribution < -0.4 is 14.2 Å². The fourth-order valence-electron chi connectivity index (χ4n) is 19.5. The van der Waals surface area contributed by atoms with Gasteiger partial charge in [0.05, 0.1) is 76.4 Å². The lowest BCUT2D eigenvalue weighted by atomic mass is 9.33. The largest absolute Gasteiger partial charge is 0.493 e. The molecule has 34 atom stereocenters. The molecule has 0 aromatic heterocycles. The minimum Gasteiger partial charge on any atom is -0.493 e. The van der Waals surface area contributed by atoms with Crippen LogP contribution in [0.2, 0.25) is 0 Å². The second-order valence-electron chi connectivity index (χ2n) is 31.6. The van der Waals surface area contributed by atoms with Crippen LogP contribution in [0.5, 0.6) is 17.2 Å². The molecule has 11 rings (SSSR count). The van der Waals surface area contributed by atoms with E-state index in [9.17, 15) is 86.2 Å². The lowest BCUT2D eigenvalue weighted by Gasteiger charge is -2.71. The molecular formula is C71H106O32. The van der Waals surface area contributed by atoms with Gasteiger partial charge < -0.3 is 143 Å². The molecule has 5 aliphatic heterocycles. The summed E-state index contributed by atoms with van der Waals surface area (Å²) in [6, 6.07) is 3.11. The van der Waals surface area contributed by atoms with Crippen molar-refractivity contribution in [3.63, 3.8) is 0 Å². The summed E-state index contributed by atoms with van der Waals surface area (Å²) in [4.78, 5) is 44.7. The van der Waals surface area contributed by atoms with Crippen molar-refractivity contribution in [3.05, 3.63) is 35.4 Å². The average molecular weight is 1470 g/mol. The number of carbonyl (C=O) groups excluding carboxylic acids is 2. The van der Waals surface area contributed by atoms with Crippen LogP contribution in [0, 0.1) is 50.2 Å². The number of carboxylic acids is 1. The van der Waals surface area contributed by atoms with Crippen LogP contribution in [0.25, 0.3) is 6.08 Å². The maximum absolute atomic E-state index is 16.3. The molecule has 9 fully saturated rings. The minimum atomic E-state index is -2.11. The first-order valence-corrected chi connectivity index (χ1v) is 35.5. The molecule has 0 radical (unpaired) electrons. The maximum Gasteiger partial charge on any atom is 0.331 e. The van der Waals surface area contributed by atoms with E-state index in [0.717, 1.165) is 11.6 Å². The predicted molar refractivity (Wildman–Crippen MR) is 349 cm³/mol. The quantitative estimate of drug-likeness (QED) is 0.0335. The SMILES string of the molecule is COc1cc(/C=C/C(=O)O[C@@H]2[C@H](O[C@@H]3O[C@@H](C)[C@H](O)[C@@H](O)[C@H]3O)[C@@H](O[C@@H]3O[C@@H](C)[C@H](O[C@@H]4OC[C@@H](O)[C@H](O)[C@H]4O)[C@@H](O)[C@H]3O)[C@H](OC(=O)[C@]34CCC(C)(C)C[C@H]3C3=CC[C@@H]5[C@@]6(C)C[C@H](O)[C@H](O[C@@H]7O[C@H](CO)[C@@H](O)[C@H](O)[C@H]7O)[C@@](C)(C(=O)O)[C@@H]6CC[C@@]5(C)[C@]3(CO)CC4)O[C@@H]2C)cc(OC)c1OC. The van der Waals surface area contributed by atoms with E-state index in [1.807, 2.05) is 13.0 Å². The molecule has 582 valence electrons. The molecule has 0 amide bonds. The van der Waals surface area contributed by atoms with Crippen LogP contribution in [0.4, 0.5) is 0 Å². The Morgan fingerprint density at radius 2 is 1.14 bits per heavy atom. The molecule has 32 nitrogen and oxygen atoms in total. The van der Waals surface area contributed by atoms with Gasteiger partial charge in [-0.2, -0.15) is 0 Å². The van der Waals surface area contributed by atoms with Crippen molar-refractivity contribution in [2.24, 2.45) is 50.2 Å². The number of hydrogen-bond acceptors (Lipinski definition) is 31. The summed E-state index contributed by atoms with van der Waals surface area (Å²) in [5, 5.41) is 168. The standard InChI is InChI=1S/C71H106O32/c1-29-43(77)46(80)50(84)60(94-29)100-56-54(98-42(76)15-12-32-22-37(90-9)55(92-11)38(23-32)91-10)31(3)96-63(57(56)101-61-52(86)48(82)53(30(2)95-61)99-59-49(83)44(78)36(75)27-93-59)103-65(89)70-19-18-66(4,5)24-34(70)33-13-14-40-67(6)25-35(74)58(102-62-51(85)47(81)45(79)39(26-72)97-62)69(8,64(87)88)41(67)16-17-68(40,7)71(33,28-73)21-20-70/h12-13,15,22-23,29-31,34-36,39-41,43-54,56-63,72-75,77-86H,14,16-21,24-28H2,1-11H3,(H,87,88)/b15-12+/t29-,30-,31+,34-,35-,36+,39+,40+,41+,43-,44-,45+,46+,47-,48-,49+,50+,51+,52+,53-,54-,56-,57+,58-,59-,60-,61-,62-,63-,67+,68+,69-,70-,71-/m0/s1. The van der Waals surface area contributed by atoms with Crippen molar-refractivity contribution < 1.29 is 157 Å². The van der Waals surface area contributed by atoms with Gasteiger partial charge in [0.15, 0.2) is 48.9 Å². The topological polar surface area (TPSA) is 484 Å². The van der Waals surface area contributed by atoms with Gasteiger partial charge in [-0.05, 0) is 143 Å². The van der Waals surface area contributed by atoms with Gasteiger partial charge in [0, 0.05) is 11.5 Å². The second-order valence-corrected chi connectivity index (χ2v) is 31.6.